The number of likely N-dealkylation sites (tertiary alicyclic amines) is 1. The highest BCUT2D eigenvalue weighted by atomic mass is 16.2. The second kappa shape index (κ2) is 9.18. The van der Waals surface area contributed by atoms with Gasteiger partial charge in [0.2, 0.25) is 11.8 Å². The molecule has 2 saturated heterocycles. The number of benzene rings is 1. The molecule has 194 valence electrons. The molecule has 36 heavy (non-hydrogen) atoms. The first-order chi connectivity index (χ1) is 17.3. The third kappa shape index (κ3) is 4.35. The van der Waals surface area contributed by atoms with E-state index in [1.54, 1.807) is 0 Å². The van der Waals surface area contributed by atoms with Gasteiger partial charge in [-0.25, -0.2) is 0 Å². The molecule has 0 N–H and O–H groups in total. The van der Waals surface area contributed by atoms with Crippen LogP contribution in [0.5, 0.6) is 0 Å². The van der Waals surface area contributed by atoms with E-state index >= 15 is 0 Å². The maximum atomic E-state index is 13.7. The van der Waals surface area contributed by atoms with Crippen LogP contribution in [0, 0.1) is 42.9 Å². The fraction of sp³-hybridized carbons (Fsp3) is 0.700. The minimum absolute atomic E-state index is 0.0327. The molecule has 7 rings (SSSR count). The molecule has 1 atom stereocenters. The fourth-order valence-electron chi connectivity index (χ4n) is 8.74. The Labute approximate surface area is 215 Å². The first-order valence-corrected chi connectivity index (χ1v) is 14.3. The number of amides is 3. The highest BCUT2D eigenvalue weighted by Crippen LogP contribution is 2.60. The van der Waals surface area contributed by atoms with E-state index in [-0.39, 0.29) is 23.1 Å². The molecule has 1 unspecified atom stereocenters. The van der Waals surface area contributed by atoms with E-state index < -0.39 is 0 Å². The van der Waals surface area contributed by atoms with Gasteiger partial charge in [-0.2, -0.15) is 0 Å². The standard InChI is InChI=1S/C30H41N3O3/c1-20-10-21(2)12-26(11-20)28(35)33-5-3-4-25(19-33)27(34)31-6-8-32(9-7-31)29(36)30-16-22-13-23(17-30)15-24(14-22)18-30/h10-12,22-25H,3-9,13-19H2,1-2H3. The lowest BCUT2D eigenvalue weighted by Gasteiger charge is -2.57. The Morgan fingerprint density at radius 2 is 1.31 bits per heavy atom. The van der Waals surface area contributed by atoms with Crippen LogP contribution in [-0.2, 0) is 9.59 Å². The number of rotatable bonds is 3. The summed E-state index contributed by atoms with van der Waals surface area (Å²) < 4.78 is 0. The molecule has 2 heterocycles. The van der Waals surface area contributed by atoms with Crippen LogP contribution in [-0.4, -0.2) is 71.7 Å². The predicted octanol–water partition coefficient (Wildman–Crippen LogP) is 4.04. The highest BCUT2D eigenvalue weighted by molar-refractivity contribution is 5.95. The summed E-state index contributed by atoms with van der Waals surface area (Å²) in [5.41, 5.74) is 2.80. The summed E-state index contributed by atoms with van der Waals surface area (Å²) in [4.78, 5) is 46.2. The van der Waals surface area contributed by atoms with E-state index in [1.165, 1.54) is 19.3 Å². The lowest BCUT2D eigenvalue weighted by Crippen LogP contribution is -2.59. The van der Waals surface area contributed by atoms with Gasteiger partial charge in [0, 0.05) is 44.8 Å². The second-order valence-electron chi connectivity index (χ2n) is 12.8. The number of piperazine rings is 1. The third-order valence-corrected chi connectivity index (χ3v) is 9.90. The molecule has 6 heteroatoms. The molecule has 1 aromatic rings. The Bertz CT molecular complexity index is 1000. The van der Waals surface area contributed by atoms with Crippen molar-refractivity contribution in [2.75, 3.05) is 39.3 Å². The normalized spacial score (nSPS) is 33.7. The fourth-order valence-corrected chi connectivity index (χ4v) is 8.74. The monoisotopic (exact) mass is 491 g/mol. The highest BCUT2D eigenvalue weighted by Gasteiger charge is 2.55. The van der Waals surface area contributed by atoms with Gasteiger partial charge < -0.3 is 14.7 Å². The Kier molecular flexibility index (Phi) is 6.12. The molecule has 2 aliphatic heterocycles. The number of aryl methyl sites for hydroxylation is 2. The van der Waals surface area contributed by atoms with Crippen LogP contribution in [0.15, 0.2) is 18.2 Å². The van der Waals surface area contributed by atoms with Crippen molar-refractivity contribution in [2.45, 2.75) is 65.2 Å². The number of piperidine rings is 1. The second-order valence-corrected chi connectivity index (χ2v) is 12.8. The molecule has 0 spiro atoms. The minimum Gasteiger partial charge on any atom is -0.339 e. The van der Waals surface area contributed by atoms with Crippen molar-refractivity contribution < 1.29 is 14.4 Å². The first kappa shape index (κ1) is 24.0. The number of carbonyl (C=O) groups excluding carboxylic acids is 3. The molecule has 6 nitrogen and oxygen atoms in total. The Hall–Kier alpha value is -2.37. The van der Waals surface area contributed by atoms with Crippen LogP contribution >= 0.6 is 0 Å². The van der Waals surface area contributed by atoms with Crippen molar-refractivity contribution in [1.29, 1.82) is 0 Å². The summed E-state index contributed by atoms with van der Waals surface area (Å²) in [6.07, 6.45) is 9.03. The minimum atomic E-state index is -0.140. The molecule has 6 fully saturated rings. The average molecular weight is 492 g/mol. The first-order valence-electron chi connectivity index (χ1n) is 14.3. The molecule has 1 aromatic carbocycles. The van der Waals surface area contributed by atoms with E-state index in [4.69, 9.17) is 0 Å². The van der Waals surface area contributed by atoms with Gasteiger partial charge in [-0.15, -0.1) is 0 Å². The Morgan fingerprint density at radius 3 is 1.89 bits per heavy atom. The van der Waals surface area contributed by atoms with Crippen LogP contribution in [0.2, 0.25) is 0 Å². The molecule has 0 radical (unpaired) electrons. The average Bonchev–Trinajstić information content (AvgIpc) is 2.86. The Balaban J connectivity index is 1.05. The van der Waals surface area contributed by atoms with E-state index in [0.29, 0.717) is 45.2 Å². The van der Waals surface area contributed by atoms with Gasteiger partial charge in [0.25, 0.3) is 5.91 Å². The van der Waals surface area contributed by atoms with Crippen molar-refractivity contribution in [3.8, 4) is 0 Å². The van der Waals surface area contributed by atoms with Crippen molar-refractivity contribution >= 4 is 17.7 Å². The number of carbonyl (C=O) groups is 3. The predicted molar refractivity (Wildman–Crippen MR) is 138 cm³/mol. The SMILES string of the molecule is Cc1cc(C)cc(C(=O)N2CCCC(C(=O)N3CCN(C(=O)C45CC6CC(CC(C6)C4)C5)CC3)C2)c1. The molecule has 0 aromatic heterocycles. The van der Waals surface area contributed by atoms with E-state index in [9.17, 15) is 14.4 Å². The largest absolute Gasteiger partial charge is 0.339 e. The zero-order chi connectivity index (χ0) is 25.0. The summed E-state index contributed by atoms with van der Waals surface area (Å²) in [5.74, 6) is 2.74. The molecule has 4 bridgehead atoms. The maximum Gasteiger partial charge on any atom is 0.253 e. The summed E-state index contributed by atoms with van der Waals surface area (Å²) in [7, 11) is 0. The van der Waals surface area contributed by atoms with E-state index in [2.05, 4.69) is 11.0 Å². The third-order valence-electron chi connectivity index (χ3n) is 9.90. The van der Waals surface area contributed by atoms with Gasteiger partial charge in [-0.1, -0.05) is 17.2 Å². The zero-order valence-electron chi connectivity index (χ0n) is 22.0. The molecule has 3 amide bonds. The Morgan fingerprint density at radius 1 is 0.750 bits per heavy atom. The summed E-state index contributed by atoms with van der Waals surface area (Å²) in [6, 6.07) is 5.97. The van der Waals surface area contributed by atoms with E-state index in [1.807, 2.05) is 35.8 Å². The van der Waals surface area contributed by atoms with Gasteiger partial charge >= 0.3 is 0 Å². The van der Waals surface area contributed by atoms with Gasteiger partial charge in [-0.05, 0) is 95.1 Å². The van der Waals surface area contributed by atoms with Crippen LogP contribution in [0.1, 0.15) is 72.9 Å². The smallest absolute Gasteiger partial charge is 0.253 e. The topological polar surface area (TPSA) is 60.9 Å². The molecule has 4 saturated carbocycles. The van der Waals surface area contributed by atoms with E-state index in [0.717, 1.165) is 66.5 Å². The summed E-state index contributed by atoms with van der Waals surface area (Å²) in [5, 5.41) is 0. The van der Waals surface area contributed by atoms with Crippen LogP contribution in [0.3, 0.4) is 0 Å². The van der Waals surface area contributed by atoms with Crippen molar-refractivity contribution in [3.05, 3.63) is 34.9 Å². The van der Waals surface area contributed by atoms with Crippen LogP contribution in [0.25, 0.3) is 0 Å². The van der Waals surface area contributed by atoms with Crippen molar-refractivity contribution in [2.24, 2.45) is 29.1 Å². The molecule has 6 aliphatic rings. The molecular formula is C30H41N3O3. The summed E-state index contributed by atoms with van der Waals surface area (Å²) >= 11 is 0. The lowest BCUT2D eigenvalue weighted by molar-refractivity contribution is -0.161. The number of nitrogens with zero attached hydrogens (tertiary/aromatic N) is 3. The van der Waals surface area contributed by atoms with Crippen molar-refractivity contribution in [3.63, 3.8) is 0 Å². The molecular weight excluding hydrogens is 450 g/mol. The van der Waals surface area contributed by atoms with Gasteiger partial charge in [0.1, 0.15) is 0 Å². The molecule has 4 aliphatic carbocycles. The maximum absolute atomic E-state index is 13.7. The van der Waals surface area contributed by atoms with Gasteiger partial charge in [-0.3, -0.25) is 14.4 Å². The zero-order valence-corrected chi connectivity index (χ0v) is 22.0. The number of hydrogen-bond donors (Lipinski definition) is 0. The quantitative estimate of drug-likeness (QED) is 0.641. The summed E-state index contributed by atoms with van der Waals surface area (Å²) in [6.45, 7) is 7.80. The number of hydrogen-bond acceptors (Lipinski definition) is 3. The van der Waals surface area contributed by atoms with Gasteiger partial charge in [0.05, 0.1) is 11.3 Å². The van der Waals surface area contributed by atoms with Crippen LogP contribution in [0.4, 0.5) is 0 Å². The van der Waals surface area contributed by atoms with Gasteiger partial charge in [0.15, 0.2) is 0 Å². The van der Waals surface area contributed by atoms with Crippen LogP contribution < -0.4 is 0 Å². The lowest BCUT2D eigenvalue weighted by atomic mass is 9.49. The van der Waals surface area contributed by atoms with Crippen molar-refractivity contribution in [1.82, 2.24) is 14.7 Å².